The molecule has 0 spiro atoms. The zero-order valence-corrected chi connectivity index (χ0v) is 22.3. The first-order chi connectivity index (χ1) is 17.9. The number of alkyl carbamates (subject to hydrolysis) is 1. The number of fused-ring (bicyclic) bond motifs is 1. The van der Waals surface area contributed by atoms with E-state index >= 15 is 0 Å². The molecule has 214 valence electrons. The molecule has 1 saturated heterocycles. The molecule has 4 amide bonds. The average molecular weight is 545 g/mol. The van der Waals surface area contributed by atoms with Crippen molar-refractivity contribution in [3.05, 3.63) is 0 Å². The molecule has 3 fully saturated rings. The largest absolute Gasteiger partial charge is 0.453 e. The second-order valence-corrected chi connectivity index (χ2v) is 10.6. The fraction of sp³-hybridized carbons (Fsp3) is 0.800. The highest BCUT2D eigenvalue weighted by atomic mass is 19.3. The number of carbonyl (C=O) groups is 5. The molecule has 38 heavy (non-hydrogen) atoms. The van der Waals surface area contributed by atoms with Gasteiger partial charge in [0.05, 0.1) is 19.3 Å². The van der Waals surface area contributed by atoms with E-state index in [1.165, 1.54) is 12.0 Å². The Kier molecular flexibility index (Phi) is 9.66. The number of Topliss-reactive ketones (excluding diaryl/α,β-unsaturated/α-hetero) is 1. The molecule has 3 N–H and O–H groups in total. The Morgan fingerprint density at radius 3 is 2.32 bits per heavy atom. The Morgan fingerprint density at radius 1 is 1.05 bits per heavy atom. The van der Waals surface area contributed by atoms with Gasteiger partial charge in [-0.25, -0.2) is 13.6 Å². The quantitative estimate of drug-likeness (QED) is 0.313. The Bertz CT molecular complexity index is 924. The fourth-order valence-corrected chi connectivity index (χ4v) is 5.31. The fourth-order valence-electron chi connectivity index (χ4n) is 5.31. The summed E-state index contributed by atoms with van der Waals surface area (Å²) in [6.07, 6.45) is 1.02. The molecule has 3 aliphatic rings. The first-order valence-corrected chi connectivity index (χ1v) is 13.1. The number of carbonyl (C=O) groups excluding carboxylic acids is 5. The Labute approximate surface area is 220 Å². The van der Waals surface area contributed by atoms with Crippen LogP contribution in [0.25, 0.3) is 0 Å². The topological polar surface area (TPSA) is 143 Å². The molecule has 3 rings (SSSR count). The molecule has 0 unspecified atom stereocenters. The van der Waals surface area contributed by atoms with Gasteiger partial charge >= 0.3 is 6.09 Å². The van der Waals surface area contributed by atoms with Crippen molar-refractivity contribution in [1.82, 2.24) is 20.9 Å². The summed E-state index contributed by atoms with van der Waals surface area (Å²) in [4.78, 5) is 65.8. The molecule has 11 nitrogen and oxygen atoms in total. The number of likely N-dealkylation sites (tertiary alicyclic amines) is 1. The summed E-state index contributed by atoms with van der Waals surface area (Å²) < 4.78 is 37.2. The van der Waals surface area contributed by atoms with Crippen LogP contribution in [0.15, 0.2) is 0 Å². The van der Waals surface area contributed by atoms with Gasteiger partial charge in [-0.3, -0.25) is 19.2 Å². The lowest BCUT2D eigenvalue weighted by Gasteiger charge is -2.33. The standard InChI is InChI=1S/C25H38F2N4O7/c1-13(37-3)18(30-24(36)38-4)23(35)31-12-14-6-5-7-16(14)19(31)21(33)29-17(10-11-25(2,26)27)20(32)22(34)28-15-8-9-15/h13-19H,5-12H2,1-4H3,(H,28,34)(H,29,33)(H,30,36)/t13-,14+,16+,17+,18+,19+/m1/s1. The van der Waals surface area contributed by atoms with Crippen LogP contribution in [0.5, 0.6) is 0 Å². The SMILES string of the molecule is COC(=O)N[C@H](C(=O)N1C[C@@H]2CCC[C@@H]2[C@H]1C(=O)N[C@@H](CCC(C)(F)F)C(=O)C(=O)NC1CC1)[C@@H](C)OC. The van der Waals surface area contributed by atoms with E-state index in [-0.39, 0.29) is 24.4 Å². The molecule has 0 aromatic carbocycles. The van der Waals surface area contributed by atoms with Crippen molar-refractivity contribution in [2.75, 3.05) is 20.8 Å². The number of nitrogens with one attached hydrogen (secondary N) is 3. The van der Waals surface area contributed by atoms with Crippen molar-refractivity contribution in [3.63, 3.8) is 0 Å². The number of ketones is 1. The highest BCUT2D eigenvalue weighted by molar-refractivity contribution is 6.38. The normalized spacial score (nSPS) is 25.1. The lowest BCUT2D eigenvalue weighted by atomic mass is 9.92. The second-order valence-electron chi connectivity index (χ2n) is 10.6. The lowest BCUT2D eigenvalue weighted by molar-refractivity contribution is -0.145. The molecule has 13 heteroatoms. The predicted molar refractivity (Wildman–Crippen MR) is 130 cm³/mol. The van der Waals surface area contributed by atoms with Gasteiger partial charge in [0.15, 0.2) is 0 Å². The van der Waals surface area contributed by atoms with Crippen LogP contribution in [0, 0.1) is 11.8 Å². The Hall–Kier alpha value is -2.83. The van der Waals surface area contributed by atoms with E-state index in [9.17, 15) is 32.8 Å². The zero-order chi connectivity index (χ0) is 28.2. The Morgan fingerprint density at radius 2 is 1.74 bits per heavy atom. The summed E-state index contributed by atoms with van der Waals surface area (Å²) in [7, 11) is 2.53. The molecule has 0 aromatic heterocycles. The minimum Gasteiger partial charge on any atom is -0.453 e. The number of hydrogen-bond donors (Lipinski definition) is 3. The third-order valence-electron chi connectivity index (χ3n) is 7.65. The molecule has 0 aromatic rings. The lowest BCUT2D eigenvalue weighted by Crippen LogP contribution is -2.59. The molecule has 0 bridgehead atoms. The van der Waals surface area contributed by atoms with Crippen molar-refractivity contribution < 1.29 is 42.2 Å². The van der Waals surface area contributed by atoms with Crippen molar-refractivity contribution >= 4 is 29.6 Å². The average Bonchev–Trinajstić information content (AvgIpc) is 3.43. The summed E-state index contributed by atoms with van der Waals surface area (Å²) in [5.41, 5.74) is 0. The maximum Gasteiger partial charge on any atom is 0.407 e. The number of halogens is 2. The van der Waals surface area contributed by atoms with Crippen molar-refractivity contribution in [2.24, 2.45) is 11.8 Å². The summed E-state index contributed by atoms with van der Waals surface area (Å²) in [6, 6.07) is -3.74. The van der Waals surface area contributed by atoms with Crippen LogP contribution < -0.4 is 16.0 Å². The van der Waals surface area contributed by atoms with Gasteiger partial charge in [-0.05, 0) is 57.8 Å². The van der Waals surface area contributed by atoms with Gasteiger partial charge in [0.25, 0.3) is 5.91 Å². The molecular formula is C25H38F2N4O7. The molecule has 6 atom stereocenters. The molecule has 1 heterocycles. The first kappa shape index (κ1) is 29.7. The second kappa shape index (κ2) is 12.4. The van der Waals surface area contributed by atoms with Gasteiger partial charge < -0.3 is 30.3 Å². The first-order valence-electron chi connectivity index (χ1n) is 13.1. The van der Waals surface area contributed by atoms with Gasteiger partial charge in [-0.1, -0.05) is 6.42 Å². The number of rotatable bonds is 12. The molecule has 1 aliphatic heterocycles. The summed E-state index contributed by atoms with van der Waals surface area (Å²) >= 11 is 0. The van der Waals surface area contributed by atoms with E-state index in [2.05, 4.69) is 20.7 Å². The van der Waals surface area contributed by atoms with E-state index in [1.807, 2.05) is 0 Å². The number of nitrogens with zero attached hydrogens (tertiary/aromatic N) is 1. The van der Waals surface area contributed by atoms with E-state index < -0.39 is 72.6 Å². The summed E-state index contributed by atoms with van der Waals surface area (Å²) in [6.45, 7) is 2.54. The van der Waals surface area contributed by atoms with Gasteiger partial charge in [0, 0.05) is 26.1 Å². The van der Waals surface area contributed by atoms with Gasteiger partial charge in [0.1, 0.15) is 12.1 Å². The third kappa shape index (κ3) is 7.39. The van der Waals surface area contributed by atoms with Crippen LogP contribution in [0.1, 0.15) is 58.8 Å². The van der Waals surface area contributed by atoms with E-state index in [0.717, 1.165) is 32.8 Å². The summed E-state index contributed by atoms with van der Waals surface area (Å²) in [5, 5.41) is 7.51. The smallest absolute Gasteiger partial charge is 0.407 e. The van der Waals surface area contributed by atoms with Crippen molar-refractivity contribution in [1.29, 1.82) is 0 Å². The number of hydrogen-bond acceptors (Lipinski definition) is 7. The molecular weight excluding hydrogens is 506 g/mol. The molecule has 0 radical (unpaired) electrons. The minimum absolute atomic E-state index is 0.0265. The number of amides is 4. The van der Waals surface area contributed by atoms with Crippen LogP contribution >= 0.6 is 0 Å². The molecule has 2 aliphatic carbocycles. The van der Waals surface area contributed by atoms with Gasteiger partial charge in [0.2, 0.25) is 23.5 Å². The van der Waals surface area contributed by atoms with Crippen LogP contribution in [-0.2, 0) is 28.7 Å². The summed E-state index contributed by atoms with van der Waals surface area (Å²) in [5.74, 6) is -6.46. The van der Waals surface area contributed by atoms with Crippen LogP contribution in [0.2, 0.25) is 0 Å². The zero-order valence-electron chi connectivity index (χ0n) is 22.3. The highest BCUT2D eigenvalue weighted by Gasteiger charge is 2.51. The Balaban J connectivity index is 1.82. The van der Waals surface area contributed by atoms with Crippen molar-refractivity contribution in [3.8, 4) is 0 Å². The van der Waals surface area contributed by atoms with Crippen LogP contribution in [0.4, 0.5) is 13.6 Å². The van der Waals surface area contributed by atoms with Gasteiger partial charge in [-0.2, -0.15) is 0 Å². The molecule has 2 saturated carbocycles. The van der Waals surface area contributed by atoms with Crippen LogP contribution in [0.3, 0.4) is 0 Å². The van der Waals surface area contributed by atoms with E-state index in [1.54, 1.807) is 6.92 Å². The maximum absolute atomic E-state index is 13.6. The predicted octanol–water partition coefficient (Wildman–Crippen LogP) is 1.14. The number of ether oxygens (including phenoxy) is 2. The van der Waals surface area contributed by atoms with E-state index in [0.29, 0.717) is 13.3 Å². The third-order valence-corrected chi connectivity index (χ3v) is 7.65. The van der Waals surface area contributed by atoms with Crippen molar-refractivity contribution in [2.45, 2.75) is 95.0 Å². The monoisotopic (exact) mass is 544 g/mol. The van der Waals surface area contributed by atoms with E-state index in [4.69, 9.17) is 4.74 Å². The maximum atomic E-state index is 13.6. The van der Waals surface area contributed by atoms with Crippen LogP contribution in [-0.4, -0.2) is 91.5 Å². The van der Waals surface area contributed by atoms with Gasteiger partial charge in [-0.15, -0.1) is 0 Å². The number of methoxy groups -OCH3 is 2. The number of alkyl halides is 2. The minimum atomic E-state index is -3.11. The highest BCUT2D eigenvalue weighted by Crippen LogP contribution is 2.42.